The lowest BCUT2D eigenvalue weighted by atomic mass is 10.1. The first-order valence-electron chi connectivity index (χ1n) is 5.63. The van der Waals surface area contributed by atoms with E-state index in [-0.39, 0.29) is 6.10 Å². The van der Waals surface area contributed by atoms with Crippen molar-refractivity contribution in [3.63, 3.8) is 0 Å². The van der Waals surface area contributed by atoms with Crippen molar-refractivity contribution >= 4 is 0 Å². The summed E-state index contributed by atoms with van der Waals surface area (Å²) in [5.74, 6) is 1.29. The van der Waals surface area contributed by atoms with Crippen LogP contribution in [-0.4, -0.2) is 21.8 Å². The van der Waals surface area contributed by atoms with Crippen molar-refractivity contribution in [1.82, 2.24) is 15.2 Å². The molecule has 0 amide bonds. The summed E-state index contributed by atoms with van der Waals surface area (Å²) in [4.78, 5) is 4.31. The molecule has 2 aromatic rings. The standard InChI is InChI=1S/C12H16N4O/c1-2-17-11(9-6-4-3-5-7-9)12-14-10(8-13)15-16-12/h3-7,11H,2,8,13H2,1H3,(H,14,15,16). The average Bonchev–Trinajstić information content (AvgIpc) is 2.85. The lowest BCUT2D eigenvalue weighted by Crippen LogP contribution is -2.08. The first-order valence-corrected chi connectivity index (χ1v) is 5.63. The highest BCUT2D eigenvalue weighted by molar-refractivity contribution is 5.22. The Balaban J connectivity index is 2.28. The van der Waals surface area contributed by atoms with Gasteiger partial charge in [0.2, 0.25) is 0 Å². The van der Waals surface area contributed by atoms with E-state index in [1.807, 2.05) is 37.3 Å². The summed E-state index contributed by atoms with van der Waals surface area (Å²) in [7, 11) is 0. The van der Waals surface area contributed by atoms with Crippen molar-refractivity contribution in [2.45, 2.75) is 19.6 Å². The molecule has 90 valence electrons. The van der Waals surface area contributed by atoms with Crippen LogP contribution in [0.2, 0.25) is 0 Å². The molecule has 0 aliphatic carbocycles. The maximum Gasteiger partial charge on any atom is 0.184 e. The third kappa shape index (κ3) is 2.69. The van der Waals surface area contributed by atoms with Crippen molar-refractivity contribution in [3.8, 4) is 0 Å². The molecule has 1 atom stereocenters. The van der Waals surface area contributed by atoms with Gasteiger partial charge in [0.05, 0.1) is 6.54 Å². The second kappa shape index (κ2) is 5.56. The smallest absolute Gasteiger partial charge is 0.184 e. The van der Waals surface area contributed by atoms with Crippen molar-refractivity contribution in [2.24, 2.45) is 5.73 Å². The molecule has 0 spiro atoms. The molecular weight excluding hydrogens is 216 g/mol. The molecule has 0 fully saturated rings. The molecule has 17 heavy (non-hydrogen) atoms. The fourth-order valence-electron chi connectivity index (χ4n) is 1.63. The summed E-state index contributed by atoms with van der Waals surface area (Å²) in [5, 5.41) is 6.94. The molecule has 0 saturated carbocycles. The van der Waals surface area contributed by atoms with Crippen LogP contribution in [0.25, 0.3) is 0 Å². The maximum atomic E-state index is 5.69. The quantitative estimate of drug-likeness (QED) is 0.816. The number of hydrogen-bond acceptors (Lipinski definition) is 4. The highest BCUT2D eigenvalue weighted by atomic mass is 16.5. The molecule has 5 nitrogen and oxygen atoms in total. The van der Waals surface area contributed by atoms with Crippen LogP contribution in [0.5, 0.6) is 0 Å². The Morgan fingerprint density at radius 3 is 2.71 bits per heavy atom. The van der Waals surface area contributed by atoms with Gasteiger partial charge in [-0.25, -0.2) is 4.98 Å². The largest absolute Gasteiger partial charge is 0.366 e. The van der Waals surface area contributed by atoms with Crippen LogP contribution in [-0.2, 0) is 11.3 Å². The minimum Gasteiger partial charge on any atom is -0.366 e. The first-order chi connectivity index (χ1) is 8.35. The Morgan fingerprint density at radius 1 is 1.35 bits per heavy atom. The third-order valence-corrected chi connectivity index (χ3v) is 2.41. The van der Waals surface area contributed by atoms with Gasteiger partial charge in [0.1, 0.15) is 11.9 Å². The number of nitrogens with two attached hydrogens (primary N) is 1. The molecule has 0 aliphatic rings. The number of nitrogens with zero attached hydrogens (tertiary/aromatic N) is 2. The summed E-state index contributed by atoms with van der Waals surface area (Å²) in [5.41, 5.74) is 6.54. The van der Waals surface area contributed by atoms with E-state index in [0.717, 1.165) is 5.56 Å². The van der Waals surface area contributed by atoms with Crippen LogP contribution in [0.1, 0.15) is 30.2 Å². The minimum atomic E-state index is -0.238. The van der Waals surface area contributed by atoms with Crippen molar-refractivity contribution in [1.29, 1.82) is 0 Å². The van der Waals surface area contributed by atoms with Crippen LogP contribution >= 0.6 is 0 Å². The zero-order valence-electron chi connectivity index (χ0n) is 9.76. The molecule has 0 radical (unpaired) electrons. The molecule has 1 heterocycles. The van der Waals surface area contributed by atoms with Gasteiger partial charge in [-0.1, -0.05) is 30.3 Å². The monoisotopic (exact) mass is 232 g/mol. The molecule has 1 aromatic heterocycles. The van der Waals surface area contributed by atoms with Gasteiger partial charge in [0.15, 0.2) is 5.82 Å². The maximum absolute atomic E-state index is 5.69. The molecule has 2 rings (SSSR count). The fraction of sp³-hybridized carbons (Fsp3) is 0.333. The number of aromatic nitrogens is 3. The van der Waals surface area contributed by atoms with E-state index >= 15 is 0 Å². The summed E-state index contributed by atoms with van der Waals surface area (Å²) >= 11 is 0. The van der Waals surface area contributed by atoms with Crippen LogP contribution < -0.4 is 5.73 Å². The number of aromatic amines is 1. The Bertz CT molecular complexity index is 455. The molecule has 0 saturated heterocycles. The number of H-pyrrole nitrogens is 1. The zero-order chi connectivity index (χ0) is 12.1. The zero-order valence-corrected chi connectivity index (χ0v) is 9.76. The van der Waals surface area contributed by atoms with Gasteiger partial charge in [-0.15, -0.1) is 0 Å². The highest BCUT2D eigenvalue weighted by Crippen LogP contribution is 2.22. The van der Waals surface area contributed by atoms with Crippen molar-refractivity contribution in [3.05, 3.63) is 47.5 Å². The first kappa shape index (κ1) is 11.8. The SMILES string of the molecule is CCOC(c1ccccc1)c1n[nH]c(CN)n1. The van der Waals surface area contributed by atoms with E-state index in [0.29, 0.717) is 24.8 Å². The molecular formula is C12H16N4O. The van der Waals surface area contributed by atoms with E-state index in [2.05, 4.69) is 15.2 Å². The van der Waals surface area contributed by atoms with E-state index in [1.165, 1.54) is 0 Å². The van der Waals surface area contributed by atoms with Crippen LogP contribution in [0.4, 0.5) is 0 Å². The van der Waals surface area contributed by atoms with E-state index < -0.39 is 0 Å². The van der Waals surface area contributed by atoms with Gasteiger partial charge in [0.25, 0.3) is 0 Å². The second-order valence-electron chi connectivity index (χ2n) is 3.59. The summed E-state index contributed by atoms with van der Waals surface area (Å²) in [6.45, 7) is 2.90. The Morgan fingerprint density at radius 2 is 2.12 bits per heavy atom. The molecule has 0 bridgehead atoms. The van der Waals surface area contributed by atoms with Crippen LogP contribution in [0.15, 0.2) is 30.3 Å². The summed E-state index contributed by atoms with van der Waals surface area (Å²) in [6.07, 6.45) is -0.238. The van der Waals surface area contributed by atoms with E-state index in [1.54, 1.807) is 0 Å². The van der Waals surface area contributed by atoms with Gasteiger partial charge >= 0.3 is 0 Å². The average molecular weight is 232 g/mol. The van der Waals surface area contributed by atoms with Gasteiger partial charge in [0, 0.05) is 6.61 Å². The van der Waals surface area contributed by atoms with E-state index in [4.69, 9.17) is 10.5 Å². The molecule has 0 aliphatic heterocycles. The second-order valence-corrected chi connectivity index (χ2v) is 3.59. The highest BCUT2D eigenvalue weighted by Gasteiger charge is 2.18. The number of ether oxygens (including phenoxy) is 1. The topological polar surface area (TPSA) is 76.8 Å². The number of benzene rings is 1. The number of hydrogen-bond donors (Lipinski definition) is 2. The van der Waals surface area contributed by atoms with E-state index in [9.17, 15) is 0 Å². The predicted octanol–water partition coefficient (Wildman–Crippen LogP) is 1.39. The lowest BCUT2D eigenvalue weighted by Gasteiger charge is -2.13. The Labute approximate surface area is 100 Å². The number of rotatable bonds is 5. The molecule has 1 aromatic carbocycles. The van der Waals surface area contributed by atoms with Crippen LogP contribution in [0, 0.1) is 0 Å². The Hall–Kier alpha value is -1.72. The third-order valence-electron chi connectivity index (χ3n) is 2.41. The van der Waals surface area contributed by atoms with Crippen LogP contribution in [0.3, 0.4) is 0 Å². The molecule has 1 unspecified atom stereocenters. The van der Waals surface area contributed by atoms with Gasteiger partial charge in [-0.2, -0.15) is 5.10 Å². The van der Waals surface area contributed by atoms with Gasteiger partial charge in [-0.05, 0) is 12.5 Å². The summed E-state index contributed by atoms with van der Waals surface area (Å²) in [6, 6.07) is 9.91. The normalized spacial score (nSPS) is 12.6. The number of nitrogens with one attached hydrogen (secondary N) is 1. The lowest BCUT2D eigenvalue weighted by molar-refractivity contribution is 0.0853. The van der Waals surface area contributed by atoms with Crippen molar-refractivity contribution < 1.29 is 4.74 Å². The fourth-order valence-corrected chi connectivity index (χ4v) is 1.63. The Kier molecular flexibility index (Phi) is 3.85. The predicted molar refractivity (Wildman–Crippen MR) is 64.2 cm³/mol. The van der Waals surface area contributed by atoms with Gasteiger partial charge < -0.3 is 10.5 Å². The molecule has 5 heteroatoms. The van der Waals surface area contributed by atoms with Crippen molar-refractivity contribution in [2.75, 3.05) is 6.61 Å². The summed E-state index contributed by atoms with van der Waals surface area (Å²) < 4.78 is 5.69. The minimum absolute atomic E-state index is 0.238. The van der Waals surface area contributed by atoms with Gasteiger partial charge in [-0.3, -0.25) is 5.10 Å². The molecule has 3 N–H and O–H groups in total.